The number of hydrogen-bond donors (Lipinski definition) is 2. The van der Waals surface area contributed by atoms with Crippen LogP contribution in [0.15, 0.2) is 58.5 Å². The number of aryl methyl sites for hydroxylation is 1. The Balaban J connectivity index is 1.70. The first-order valence-electron chi connectivity index (χ1n) is 7.11. The van der Waals surface area contributed by atoms with Crippen LogP contribution in [0.3, 0.4) is 0 Å². The van der Waals surface area contributed by atoms with E-state index in [4.69, 9.17) is 0 Å². The predicted octanol–water partition coefficient (Wildman–Crippen LogP) is 2.96. The number of rotatable bonds is 4. The first-order valence-corrected chi connectivity index (χ1v) is 8.09. The zero-order valence-electron chi connectivity index (χ0n) is 12.5. The number of carbonyl (C=O) groups is 1. The first-order chi connectivity index (χ1) is 11.1. The van der Waals surface area contributed by atoms with Gasteiger partial charge in [0.2, 0.25) is 5.91 Å². The number of amides is 1. The fourth-order valence-electron chi connectivity index (χ4n) is 2.17. The van der Waals surface area contributed by atoms with Crippen molar-refractivity contribution in [1.82, 2.24) is 9.97 Å². The normalized spacial score (nSPS) is 10.7. The van der Waals surface area contributed by atoms with Crippen molar-refractivity contribution in [3.63, 3.8) is 0 Å². The number of H-pyrrole nitrogens is 1. The van der Waals surface area contributed by atoms with Crippen molar-refractivity contribution in [2.45, 2.75) is 12.1 Å². The van der Waals surface area contributed by atoms with E-state index in [0.717, 1.165) is 11.3 Å². The van der Waals surface area contributed by atoms with Gasteiger partial charge in [-0.15, -0.1) is 0 Å². The lowest BCUT2D eigenvalue weighted by Gasteiger charge is -2.07. The van der Waals surface area contributed by atoms with Crippen LogP contribution in [0.4, 0.5) is 5.69 Å². The number of thioether (sulfide) groups is 1. The summed E-state index contributed by atoms with van der Waals surface area (Å²) in [6, 6.07) is 14.7. The highest BCUT2D eigenvalue weighted by Crippen LogP contribution is 2.17. The van der Waals surface area contributed by atoms with Gasteiger partial charge in [-0.2, -0.15) is 0 Å². The molecule has 0 spiro atoms. The van der Waals surface area contributed by atoms with Crippen LogP contribution in [0.2, 0.25) is 0 Å². The molecule has 0 saturated heterocycles. The second-order valence-corrected chi connectivity index (χ2v) is 6.00. The highest BCUT2D eigenvalue weighted by molar-refractivity contribution is 7.99. The lowest BCUT2D eigenvalue weighted by Crippen LogP contribution is -2.16. The van der Waals surface area contributed by atoms with Crippen LogP contribution < -0.4 is 10.9 Å². The Hall–Kier alpha value is -2.60. The van der Waals surface area contributed by atoms with Crippen LogP contribution in [0.1, 0.15) is 5.56 Å². The minimum atomic E-state index is -0.197. The maximum Gasteiger partial charge on any atom is 0.259 e. The number of carbonyl (C=O) groups excluding carboxylic acids is 1. The van der Waals surface area contributed by atoms with Gasteiger partial charge in [0, 0.05) is 5.69 Å². The van der Waals surface area contributed by atoms with E-state index in [0.29, 0.717) is 16.1 Å². The molecule has 0 saturated carbocycles. The van der Waals surface area contributed by atoms with Crippen LogP contribution in [-0.4, -0.2) is 21.6 Å². The Morgan fingerprint density at radius 1 is 1.17 bits per heavy atom. The monoisotopic (exact) mass is 325 g/mol. The van der Waals surface area contributed by atoms with E-state index >= 15 is 0 Å². The Morgan fingerprint density at radius 2 is 1.91 bits per heavy atom. The van der Waals surface area contributed by atoms with Gasteiger partial charge in [0.15, 0.2) is 5.16 Å². The van der Waals surface area contributed by atoms with Gasteiger partial charge in [-0.05, 0) is 30.7 Å². The molecule has 3 aromatic rings. The fraction of sp³-hybridized carbons (Fsp3) is 0.118. The Labute approximate surface area is 137 Å². The van der Waals surface area contributed by atoms with Gasteiger partial charge in [0.25, 0.3) is 5.56 Å². The highest BCUT2D eigenvalue weighted by Gasteiger charge is 2.08. The van der Waals surface area contributed by atoms with Gasteiger partial charge in [-0.1, -0.05) is 42.1 Å². The van der Waals surface area contributed by atoms with E-state index < -0.39 is 0 Å². The molecule has 1 aromatic heterocycles. The molecule has 3 rings (SSSR count). The second-order valence-electron chi connectivity index (χ2n) is 5.04. The maximum atomic E-state index is 12.0. The van der Waals surface area contributed by atoms with Crippen LogP contribution in [-0.2, 0) is 4.79 Å². The Bertz CT molecular complexity index is 921. The summed E-state index contributed by atoms with van der Waals surface area (Å²) in [6.45, 7) is 1.94. The molecular formula is C17H15N3O2S. The number of para-hydroxylation sites is 2. The van der Waals surface area contributed by atoms with Gasteiger partial charge >= 0.3 is 0 Å². The number of nitrogens with zero attached hydrogens (tertiary/aromatic N) is 1. The molecule has 0 unspecified atom stereocenters. The molecular weight excluding hydrogens is 310 g/mol. The van der Waals surface area contributed by atoms with Crippen molar-refractivity contribution >= 4 is 34.3 Å². The molecule has 0 aliphatic carbocycles. The topological polar surface area (TPSA) is 74.8 Å². The highest BCUT2D eigenvalue weighted by atomic mass is 32.2. The summed E-state index contributed by atoms with van der Waals surface area (Å²) in [6.07, 6.45) is 0. The minimum absolute atomic E-state index is 0.139. The third kappa shape index (κ3) is 3.60. The average Bonchev–Trinajstić information content (AvgIpc) is 2.55. The first kappa shape index (κ1) is 15.3. The lowest BCUT2D eigenvalue weighted by molar-refractivity contribution is -0.113. The van der Waals surface area contributed by atoms with E-state index in [1.54, 1.807) is 18.2 Å². The largest absolute Gasteiger partial charge is 0.325 e. The molecule has 0 radical (unpaired) electrons. The number of aromatic amines is 1. The molecule has 2 aromatic carbocycles. The molecule has 0 aliphatic heterocycles. The molecule has 5 nitrogen and oxygen atoms in total. The number of fused-ring (bicyclic) bond motifs is 1. The molecule has 0 atom stereocenters. The van der Waals surface area contributed by atoms with Crippen molar-refractivity contribution in [1.29, 1.82) is 0 Å². The SMILES string of the molecule is Cc1ccccc1NC(=O)CSc1nc2ccccc2c(=O)[nH]1. The number of hydrogen-bond acceptors (Lipinski definition) is 4. The maximum absolute atomic E-state index is 12.0. The van der Waals surface area contributed by atoms with Crippen LogP contribution >= 0.6 is 11.8 Å². The van der Waals surface area contributed by atoms with Crippen molar-refractivity contribution in [3.05, 3.63) is 64.4 Å². The molecule has 0 fully saturated rings. The van der Waals surface area contributed by atoms with Crippen molar-refractivity contribution < 1.29 is 4.79 Å². The third-order valence-electron chi connectivity index (χ3n) is 3.35. The smallest absolute Gasteiger partial charge is 0.259 e. The van der Waals surface area contributed by atoms with E-state index in [-0.39, 0.29) is 17.2 Å². The molecule has 116 valence electrons. The van der Waals surface area contributed by atoms with Gasteiger partial charge in [0.05, 0.1) is 16.7 Å². The zero-order valence-corrected chi connectivity index (χ0v) is 13.3. The third-order valence-corrected chi connectivity index (χ3v) is 4.22. The van der Waals surface area contributed by atoms with Gasteiger partial charge < -0.3 is 10.3 Å². The molecule has 1 amide bonds. The Kier molecular flexibility index (Phi) is 4.43. The van der Waals surface area contributed by atoms with E-state index in [1.165, 1.54) is 11.8 Å². The van der Waals surface area contributed by atoms with Crippen molar-refractivity contribution in [3.8, 4) is 0 Å². The number of aromatic nitrogens is 2. The molecule has 0 bridgehead atoms. The summed E-state index contributed by atoms with van der Waals surface area (Å²) >= 11 is 1.20. The summed E-state index contributed by atoms with van der Waals surface area (Å²) in [5.74, 6) is 0.0374. The summed E-state index contributed by atoms with van der Waals surface area (Å²) in [5, 5.41) is 3.83. The summed E-state index contributed by atoms with van der Waals surface area (Å²) < 4.78 is 0. The fourth-order valence-corrected chi connectivity index (χ4v) is 2.83. The lowest BCUT2D eigenvalue weighted by atomic mass is 10.2. The van der Waals surface area contributed by atoms with Crippen LogP contribution in [0.25, 0.3) is 10.9 Å². The van der Waals surface area contributed by atoms with E-state index in [2.05, 4.69) is 15.3 Å². The quantitative estimate of drug-likeness (QED) is 0.571. The molecule has 1 heterocycles. The summed E-state index contributed by atoms with van der Waals surface area (Å²) in [7, 11) is 0. The molecule has 2 N–H and O–H groups in total. The Morgan fingerprint density at radius 3 is 2.74 bits per heavy atom. The van der Waals surface area contributed by atoms with Gasteiger partial charge in [-0.3, -0.25) is 9.59 Å². The summed E-state index contributed by atoms with van der Waals surface area (Å²) in [4.78, 5) is 31.1. The number of anilines is 1. The van der Waals surface area contributed by atoms with Crippen molar-refractivity contribution in [2.24, 2.45) is 0 Å². The predicted molar refractivity (Wildman–Crippen MR) is 92.9 cm³/mol. The molecule has 0 aliphatic rings. The van der Waals surface area contributed by atoms with Gasteiger partial charge in [0.1, 0.15) is 0 Å². The van der Waals surface area contributed by atoms with E-state index in [1.807, 2.05) is 37.3 Å². The zero-order chi connectivity index (χ0) is 16.2. The van der Waals surface area contributed by atoms with E-state index in [9.17, 15) is 9.59 Å². The number of nitrogens with one attached hydrogen (secondary N) is 2. The minimum Gasteiger partial charge on any atom is -0.325 e. The van der Waals surface area contributed by atoms with Crippen molar-refractivity contribution in [2.75, 3.05) is 11.1 Å². The molecule has 6 heteroatoms. The summed E-state index contributed by atoms with van der Waals surface area (Å²) in [5.41, 5.74) is 2.22. The standard InChI is InChI=1S/C17H15N3O2S/c1-11-6-2-4-8-13(11)18-15(21)10-23-17-19-14-9-5-3-7-12(14)16(22)20-17/h2-9H,10H2,1H3,(H,18,21)(H,19,20,22). The van der Waals surface area contributed by atoms with Gasteiger partial charge in [-0.25, -0.2) is 4.98 Å². The number of benzene rings is 2. The van der Waals surface area contributed by atoms with Crippen LogP contribution in [0.5, 0.6) is 0 Å². The molecule has 23 heavy (non-hydrogen) atoms. The van der Waals surface area contributed by atoms with Crippen LogP contribution in [0, 0.1) is 6.92 Å². The second kappa shape index (κ2) is 6.66. The average molecular weight is 325 g/mol.